The Morgan fingerprint density at radius 3 is 2.95 bits per heavy atom. The molecule has 1 aromatic carbocycles. The van der Waals surface area contributed by atoms with Crippen LogP contribution in [0.3, 0.4) is 0 Å². The first-order valence-corrected chi connectivity index (χ1v) is 7.39. The fraction of sp³-hybridized carbons (Fsp3) is 0.235. The number of nitrogens with zero attached hydrogens (tertiary/aromatic N) is 2. The fourth-order valence-electron chi connectivity index (χ4n) is 3.02. The van der Waals surface area contributed by atoms with Crippen molar-refractivity contribution >= 4 is 16.9 Å². The van der Waals surface area contributed by atoms with Gasteiger partial charge in [0, 0.05) is 12.2 Å². The van der Waals surface area contributed by atoms with E-state index in [0.717, 1.165) is 19.3 Å². The molecule has 1 amide bonds. The third-order valence-corrected chi connectivity index (χ3v) is 4.14. The SMILES string of the molecule is O=C(NC1CCc2ccccc2C1)c1onc2ncccc12. The lowest BCUT2D eigenvalue weighted by molar-refractivity contribution is 0.0899. The second-order valence-corrected chi connectivity index (χ2v) is 5.57. The molecule has 2 aromatic heterocycles. The summed E-state index contributed by atoms with van der Waals surface area (Å²) < 4.78 is 5.16. The predicted octanol–water partition coefficient (Wildman–Crippen LogP) is 2.51. The zero-order chi connectivity index (χ0) is 14.9. The minimum Gasteiger partial charge on any atom is -0.348 e. The van der Waals surface area contributed by atoms with Crippen LogP contribution >= 0.6 is 0 Å². The molecule has 0 bridgehead atoms. The van der Waals surface area contributed by atoms with Crippen LogP contribution in [0.25, 0.3) is 11.0 Å². The van der Waals surface area contributed by atoms with Gasteiger partial charge in [-0.1, -0.05) is 29.4 Å². The smallest absolute Gasteiger partial charge is 0.290 e. The minimum atomic E-state index is -0.222. The molecule has 1 unspecified atom stereocenters. The molecule has 5 heteroatoms. The van der Waals surface area contributed by atoms with E-state index >= 15 is 0 Å². The highest BCUT2D eigenvalue weighted by Gasteiger charge is 2.23. The Balaban J connectivity index is 1.53. The van der Waals surface area contributed by atoms with Gasteiger partial charge >= 0.3 is 0 Å². The van der Waals surface area contributed by atoms with E-state index in [2.05, 4.69) is 33.7 Å². The first-order valence-electron chi connectivity index (χ1n) is 7.39. The molecule has 3 aromatic rings. The average molecular weight is 293 g/mol. The molecule has 2 heterocycles. The standard InChI is InChI=1S/C17H15N3O2/c21-17(15-14-6-3-9-18-16(14)20-22-15)19-13-8-7-11-4-1-2-5-12(11)10-13/h1-6,9,13H,7-8,10H2,(H,19,21). The summed E-state index contributed by atoms with van der Waals surface area (Å²) in [6.07, 6.45) is 4.41. The van der Waals surface area contributed by atoms with Gasteiger partial charge in [0.25, 0.3) is 5.91 Å². The number of aryl methyl sites for hydroxylation is 1. The quantitative estimate of drug-likeness (QED) is 0.788. The molecule has 0 spiro atoms. The normalized spacial score (nSPS) is 17.2. The maximum atomic E-state index is 12.4. The Hall–Kier alpha value is -2.69. The van der Waals surface area contributed by atoms with E-state index in [1.54, 1.807) is 18.3 Å². The Labute approximate surface area is 127 Å². The van der Waals surface area contributed by atoms with Gasteiger partial charge in [-0.05, 0) is 42.5 Å². The highest BCUT2D eigenvalue weighted by atomic mass is 16.5. The number of carbonyl (C=O) groups excluding carboxylic acids is 1. The summed E-state index contributed by atoms with van der Waals surface area (Å²) in [4.78, 5) is 16.5. The van der Waals surface area contributed by atoms with Crippen molar-refractivity contribution in [3.05, 3.63) is 59.5 Å². The number of hydrogen-bond donors (Lipinski definition) is 1. The van der Waals surface area contributed by atoms with Gasteiger partial charge in [0.15, 0.2) is 0 Å². The van der Waals surface area contributed by atoms with Gasteiger partial charge in [-0.25, -0.2) is 4.98 Å². The molecular formula is C17H15N3O2. The first kappa shape index (κ1) is 13.0. The van der Waals surface area contributed by atoms with Crippen molar-refractivity contribution < 1.29 is 9.32 Å². The summed E-state index contributed by atoms with van der Waals surface area (Å²) >= 11 is 0. The maximum Gasteiger partial charge on any atom is 0.290 e. The molecule has 0 saturated heterocycles. The molecule has 0 fully saturated rings. The van der Waals surface area contributed by atoms with E-state index < -0.39 is 0 Å². The number of pyridine rings is 1. The number of fused-ring (bicyclic) bond motifs is 2. The summed E-state index contributed by atoms with van der Waals surface area (Å²) in [5, 5.41) is 7.52. The molecule has 0 radical (unpaired) electrons. The molecule has 1 atom stereocenters. The number of carbonyl (C=O) groups is 1. The predicted molar refractivity (Wildman–Crippen MR) is 81.5 cm³/mol. The van der Waals surface area contributed by atoms with E-state index in [-0.39, 0.29) is 17.7 Å². The summed E-state index contributed by atoms with van der Waals surface area (Å²) in [6.45, 7) is 0. The van der Waals surface area contributed by atoms with Crippen LogP contribution in [0.1, 0.15) is 28.1 Å². The minimum absolute atomic E-state index is 0.124. The molecule has 110 valence electrons. The van der Waals surface area contributed by atoms with E-state index in [4.69, 9.17) is 4.52 Å². The zero-order valence-electron chi connectivity index (χ0n) is 12.0. The topological polar surface area (TPSA) is 68.0 Å². The van der Waals surface area contributed by atoms with Crippen LogP contribution in [0.4, 0.5) is 0 Å². The number of nitrogens with one attached hydrogen (secondary N) is 1. The van der Waals surface area contributed by atoms with Crippen LogP contribution in [-0.2, 0) is 12.8 Å². The molecule has 1 aliphatic rings. The number of hydrogen-bond acceptors (Lipinski definition) is 4. The van der Waals surface area contributed by atoms with Crippen molar-refractivity contribution in [2.75, 3.05) is 0 Å². The first-order chi connectivity index (χ1) is 10.8. The largest absolute Gasteiger partial charge is 0.348 e. The highest BCUT2D eigenvalue weighted by Crippen LogP contribution is 2.22. The summed E-state index contributed by atoms with van der Waals surface area (Å²) in [5.41, 5.74) is 3.15. The number of rotatable bonds is 2. The van der Waals surface area contributed by atoms with Gasteiger partial charge in [-0.3, -0.25) is 4.79 Å². The van der Waals surface area contributed by atoms with Crippen LogP contribution < -0.4 is 5.32 Å². The Morgan fingerprint density at radius 1 is 1.18 bits per heavy atom. The molecule has 4 rings (SSSR count). The summed E-state index contributed by atoms with van der Waals surface area (Å²) in [6, 6.07) is 12.1. The zero-order valence-corrected chi connectivity index (χ0v) is 12.0. The van der Waals surface area contributed by atoms with Crippen molar-refractivity contribution in [1.29, 1.82) is 0 Å². The Kier molecular flexibility index (Phi) is 3.11. The molecule has 22 heavy (non-hydrogen) atoms. The maximum absolute atomic E-state index is 12.4. The van der Waals surface area contributed by atoms with Crippen LogP contribution in [0.2, 0.25) is 0 Å². The lowest BCUT2D eigenvalue weighted by Gasteiger charge is -2.25. The van der Waals surface area contributed by atoms with E-state index in [0.29, 0.717) is 11.0 Å². The molecule has 0 aliphatic heterocycles. The van der Waals surface area contributed by atoms with Gasteiger partial charge in [0.2, 0.25) is 11.4 Å². The summed E-state index contributed by atoms with van der Waals surface area (Å²) in [5.74, 6) is 0.0156. The van der Waals surface area contributed by atoms with Gasteiger partial charge < -0.3 is 9.84 Å². The Morgan fingerprint density at radius 2 is 2.05 bits per heavy atom. The second-order valence-electron chi connectivity index (χ2n) is 5.57. The van der Waals surface area contributed by atoms with Crippen LogP contribution in [-0.4, -0.2) is 22.1 Å². The molecular weight excluding hydrogens is 278 g/mol. The highest BCUT2D eigenvalue weighted by molar-refractivity contribution is 6.02. The van der Waals surface area contributed by atoms with Crippen LogP contribution in [0.15, 0.2) is 47.1 Å². The molecule has 5 nitrogen and oxygen atoms in total. The molecule has 1 aliphatic carbocycles. The summed E-state index contributed by atoms with van der Waals surface area (Å²) in [7, 11) is 0. The Bertz CT molecular complexity index is 841. The fourth-order valence-corrected chi connectivity index (χ4v) is 3.02. The monoisotopic (exact) mass is 293 g/mol. The van der Waals surface area contributed by atoms with Crippen molar-refractivity contribution in [1.82, 2.24) is 15.5 Å². The van der Waals surface area contributed by atoms with Gasteiger partial charge in [-0.2, -0.15) is 0 Å². The van der Waals surface area contributed by atoms with Crippen molar-refractivity contribution in [3.8, 4) is 0 Å². The number of aromatic nitrogens is 2. The molecule has 0 saturated carbocycles. The van der Waals surface area contributed by atoms with Crippen LogP contribution in [0.5, 0.6) is 0 Å². The van der Waals surface area contributed by atoms with Crippen molar-refractivity contribution in [2.45, 2.75) is 25.3 Å². The third kappa shape index (κ3) is 2.24. The second kappa shape index (κ2) is 5.26. The average Bonchev–Trinajstić information content (AvgIpc) is 2.99. The van der Waals surface area contributed by atoms with Gasteiger partial charge in [-0.15, -0.1) is 0 Å². The lowest BCUT2D eigenvalue weighted by atomic mass is 9.88. The van der Waals surface area contributed by atoms with E-state index in [1.807, 2.05) is 6.07 Å². The van der Waals surface area contributed by atoms with E-state index in [1.165, 1.54) is 11.1 Å². The third-order valence-electron chi connectivity index (χ3n) is 4.14. The molecule has 1 N–H and O–H groups in total. The number of benzene rings is 1. The lowest BCUT2D eigenvalue weighted by Crippen LogP contribution is -2.38. The number of amides is 1. The van der Waals surface area contributed by atoms with Gasteiger partial charge in [0.1, 0.15) is 0 Å². The van der Waals surface area contributed by atoms with E-state index in [9.17, 15) is 4.79 Å². The van der Waals surface area contributed by atoms with Crippen molar-refractivity contribution in [2.24, 2.45) is 0 Å². The van der Waals surface area contributed by atoms with Crippen molar-refractivity contribution in [3.63, 3.8) is 0 Å². The van der Waals surface area contributed by atoms with Gasteiger partial charge in [0.05, 0.1) is 5.39 Å². The van der Waals surface area contributed by atoms with Crippen LogP contribution in [0, 0.1) is 0 Å².